The van der Waals surface area contributed by atoms with Crippen LogP contribution in [0.2, 0.25) is 0 Å². The molecule has 1 N–H and O–H groups in total. The summed E-state index contributed by atoms with van der Waals surface area (Å²) < 4.78 is 9.67. The summed E-state index contributed by atoms with van der Waals surface area (Å²) in [6.07, 6.45) is -1.34. The van der Waals surface area contributed by atoms with Crippen LogP contribution in [-0.2, 0) is 16.0 Å². The normalized spacial score (nSPS) is 9.64. The Bertz CT molecular complexity index is 600. The minimum atomic E-state index is -1.05. The number of amides is 1. The number of benzene rings is 2. The maximum atomic E-state index is 11.3. The molecule has 0 aliphatic heterocycles. The van der Waals surface area contributed by atoms with E-state index < -0.39 is 12.2 Å². The van der Waals surface area contributed by atoms with Gasteiger partial charge in [-0.15, -0.1) is 5.48 Å². The van der Waals surface area contributed by atoms with Gasteiger partial charge in [0.15, 0.2) is 0 Å². The highest BCUT2D eigenvalue weighted by atomic mass is 16.8. The lowest BCUT2D eigenvalue weighted by molar-refractivity contribution is 0.0387. The van der Waals surface area contributed by atoms with Crippen molar-refractivity contribution < 1.29 is 23.9 Å². The second-order valence-corrected chi connectivity index (χ2v) is 4.24. The van der Waals surface area contributed by atoms with E-state index in [1.165, 1.54) is 0 Å². The summed E-state index contributed by atoms with van der Waals surface area (Å²) in [6.45, 7) is 0.174. The highest BCUT2D eigenvalue weighted by molar-refractivity contribution is 5.70. The fourth-order valence-corrected chi connectivity index (χ4v) is 1.62. The van der Waals surface area contributed by atoms with Gasteiger partial charge < -0.3 is 14.3 Å². The van der Waals surface area contributed by atoms with Crippen molar-refractivity contribution in [3.05, 3.63) is 66.2 Å². The Morgan fingerprint density at radius 1 is 0.909 bits per heavy atom. The summed E-state index contributed by atoms with van der Waals surface area (Å²) >= 11 is 0. The monoisotopic (exact) mass is 301 g/mol. The van der Waals surface area contributed by atoms with Crippen LogP contribution in [0.25, 0.3) is 0 Å². The van der Waals surface area contributed by atoms with E-state index >= 15 is 0 Å². The Morgan fingerprint density at radius 3 is 2.23 bits per heavy atom. The Balaban J connectivity index is 1.62. The summed E-state index contributed by atoms with van der Waals surface area (Å²) in [5.41, 5.74) is 2.89. The van der Waals surface area contributed by atoms with Crippen molar-refractivity contribution in [3.63, 3.8) is 0 Å². The van der Waals surface area contributed by atoms with E-state index in [1.54, 1.807) is 30.3 Å². The number of ether oxygens (including phenoxy) is 2. The van der Waals surface area contributed by atoms with E-state index in [0.717, 1.165) is 5.56 Å². The maximum absolute atomic E-state index is 11.3. The zero-order chi connectivity index (χ0) is 15.6. The molecule has 6 heteroatoms. The number of rotatable bonds is 4. The molecule has 2 rings (SSSR count). The van der Waals surface area contributed by atoms with Crippen molar-refractivity contribution >= 4 is 12.2 Å². The number of hydroxylamine groups is 1. The number of para-hydroxylation sites is 1. The Hall–Kier alpha value is -3.02. The highest BCUT2D eigenvalue weighted by Gasteiger charge is 2.09. The fraction of sp³-hybridized carbons (Fsp3) is 0.125. The molecular formula is C16H15NO5. The Labute approximate surface area is 127 Å². The first-order valence-corrected chi connectivity index (χ1v) is 6.64. The van der Waals surface area contributed by atoms with Crippen LogP contribution < -0.4 is 10.2 Å². The summed E-state index contributed by atoms with van der Waals surface area (Å²) in [4.78, 5) is 27.0. The molecule has 0 bridgehead atoms. The van der Waals surface area contributed by atoms with Gasteiger partial charge in [0.1, 0.15) is 5.75 Å². The molecule has 22 heavy (non-hydrogen) atoms. The first kappa shape index (κ1) is 15.4. The molecule has 6 nitrogen and oxygen atoms in total. The van der Waals surface area contributed by atoms with E-state index in [4.69, 9.17) is 9.47 Å². The number of nitrogens with one attached hydrogen (secondary N) is 1. The zero-order valence-electron chi connectivity index (χ0n) is 11.7. The van der Waals surface area contributed by atoms with Gasteiger partial charge >= 0.3 is 12.2 Å². The molecule has 1 amide bonds. The first-order valence-electron chi connectivity index (χ1n) is 6.64. The lowest BCUT2D eigenvalue weighted by Crippen LogP contribution is -2.29. The average molecular weight is 301 g/mol. The smallest absolute Gasteiger partial charge is 0.447 e. The van der Waals surface area contributed by atoms with E-state index in [1.807, 2.05) is 35.8 Å². The molecule has 0 saturated heterocycles. The standard InChI is InChI=1S/C16H15NO5/c18-15(20-12-11-13-7-3-1-4-8-13)17-22-16(19)21-14-9-5-2-6-10-14/h1-10H,11-12H2,(H,17,18). The fourth-order valence-electron chi connectivity index (χ4n) is 1.62. The van der Waals surface area contributed by atoms with Gasteiger partial charge in [0, 0.05) is 6.42 Å². The van der Waals surface area contributed by atoms with Gasteiger partial charge in [0.2, 0.25) is 0 Å². The maximum Gasteiger partial charge on any atom is 0.539 e. The van der Waals surface area contributed by atoms with Gasteiger partial charge in [-0.05, 0) is 17.7 Å². The van der Waals surface area contributed by atoms with Crippen molar-refractivity contribution in [2.45, 2.75) is 6.42 Å². The number of hydrogen-bond acceptors (Lipinski definition) is 5. The van der Waals surface area contributed by atoms with Crippen LogP contribution in [0.5, 0.6) is 5.75 Å². The zero-order valence-corrected chi connectivity index (χ0v) is 11.7. The van der Waals surface area contributed by atoms with Gasteiger partial charge in [-0.1, -0.05) is 48.5 Å². The molecule has 0 spiro atoms. The average Bonchev–Trinajstić information content (AvgIpc) is 2.55. The molecule has 0 aliphatic carbocycles. The second-order valence-electron chi connectivity index (χ2n) is 4.24. The predicted octanol–water partition coefficient (Wildman–Crippen LogP) is 3.09. The third kappa shape index (κ3) is 5.54. The van der Waals surface area contributed by atoms with Crippen LogP contribution in [0.3, 0.4) is 0 Å². The van der Waals surface area contributed by atoms with Crippen molar-refractivity contribution in [2.24, 2.45) is 0 Å². The van der Waals surface area contributed by atoms with Crippen LogP contribution >= 0.6 is 0 Å². The number of hydrogen-bond donors (Lipinski definition) is 1. The molecular weight excluding hydrogens is 286 g/mol. The van der Waals surface area contributed by atoms with Gasteiger partial charge in [-0.2, -0.15) is 0 Å². The molecule has 0 atom stereocenters. The highest BCUT2D eigenvalue weighted by Crippen LogP contribution is 2.08. The summed E-state index contributed by atoms with van der Waals surface area (Å²) in [5.74, 6) is 0.312. The van der Waals surface area contributed by atoms with Crippen LogP contribution in [0.1, 0.15) is 5.56 Å². The Kier molecular flexibility index (Phi) is 5.80. The van der Waals surface area contributed by atoms with E-state index in [0.29, 0.717) is 12.2 Å². The van der Waals surface area contributed by atoms with E-state index in [9.17, 15) is 9.59 Å². The molecule has 0 aromatic heterocycles. The molecule has 0 fully saturated rings. The minimum Gasteiger partial charge on any atom is -0.447 e. The molecule has 0 saturated carbocycles. The van der Waals surface area contributed by atoms with Gasteiger partial charge in [-0.3, -0.25) is 0 Å². The summed E-state index contributed by atoms with van der Waals surface area (Å²) in [5, 5.41) is 0. The molecule has 0 unspecified atom stereocenters. The van der Waals surface area contributed by atoms with Crippen LogP contribution in [0, 0.1) is 0 Å². The molecule has 2 aromatic rings. The molecule has 0 aliphatic rings. The summed E-state index contributed by atoms with van der Waals surface area (Å²) in [6, 6.07) is 17.9. The largest absolute Gasteiger partial charge is 0.539 e. The van der Waals surface area contributed by atoms with E-state index in [2.05, 4.69) is 4.84 Å². The van der Waals surface area contributed by atoms with Crippen LogP contribution in [0.4, 0.5) is 9.59 Å². The van der Waals surface area contributed by atoms with Crippen molar-refractivity contribution in [1.29, 1.82) is 0 Å². The number of carbonyl (C=O) groups is 2. The molecule has 2 aromatic carbocycles. The van der Waals surface area contributed by atoms with Crippen LogP contribution in [-0.4, -0.2) is 18.9 Å². The van der Waals surface area contributed by atoms with Crippen molar-refractivity contribution in [1.82, 2.24) is 5.48 Å². The number of carbonyl (C=O) groups excluding carboxylic acids is 2. The SMILES string of the molecule is O=C(NOC(=O)Oc1ccccc1)OCCc1ccccc1. The lowest BCUT2D eigenvalue weighted by atomic mass is 10.2. The van der Waals surface area contributed by atoms with Crippen molar-refractivity contribution in [3.8, 4) is 5.75 Å². The Morgan fingerprint density at radius 2 is 1.55 bits per heavy atom. The predicted molar refractivity (Wildman–Crippen MR) is 78.2 cm³/mol. The van der Waals surface area contributed by atoms with Crippen LogP contribution in [0.15, 0.2) is 60.7 Å². The minimum absolute atomic E-state index is 0.174. The van der Waals surface area contributed by atoms with Gasteiger partial charge in [0.25, 0.3) is 0 Å². The van der Waals surface area contributed by atoms with Gasteiger partial charge in [-0.25, -0.2) is 9.59 Å². The molecule has 114 valence electrons. The quantitative estimate of drug-likeness (QED) is 0.533. The van der Waals surface area contributed by atoms with Crippen molar-refractivity contribution in [2.75, 3.05) is 6.61 Å². The van der Waals surface area contributed by atoms with Gasteiger partial charge in [0.05, 0.1) is 6.61 Å². The second kappa shape index (κ2) is 8.31. The molecule has 0 heterocycles. The third-order valence-corrected chi connectivity index (χ3v) is 2.63. The van der Waals surface area contributed by atoms with E-state index in [-0.39, 0.29) is 6.61 Å². The lowest BCUT2D eigenvalue weighted by Gasteiger charge is -2.07. The summed E-state index contributed by atoms with van der Waals surface area (Å²) in [7, 11) is 0. The topological polar surface area (TPSA) is 73.9 Å². The first-order chi connectivity index (χ1) is 10.7. The third-order valence-electron chi connectivity index (χ3n) is 2.63. The molecule has 0 radical (unpaired) electrons.